The van der Waals surface area contributed by atoms with Gasteiger partial charge in [0.05, 0.1) is 0 Å². The molecule has 0 aromatic rings. The fourth-order valence-corrected chi connectivity index (χ4v) is 7.88. The van der Waals surface area contributed by atoms with Gasteiger partial charge >= 0.3 is 5.97 Å². The highest BCUT2D eigenvalue weighted by molar-refractivity contribution is 7.80. The minimum absolute atomic E-state index is 0.207. The molecular formula is C24H34O4S. The van der Waals surface area contributed by atoms with Crippen LogP contribution in [0.3, 0.4) is 0 Å². The maximum absolute atomic E-state index is 13.0. The van der Waals surface area contributed by atoms with Crippen LogP contribution < -0.4 is 0 Å². The zero-order valence-corrected chi connectivity index (χ0v) is 18.8. The first-order valence-corrected chi connectivity index (χ1v) is 11.7. The number of ketones is 1. The molecule has 4 nitrogen and oxygen atoms in total. The highest BCUT2D eigenvalue weighted by atomic mass is 32.1. The number of esters is 1. The predicted octanol–water partition coefficient (Wildman–Crippen LogP) is 4.57. The Morgan fingerprint density at radius 2 is 1.86 bits per heavy atom. The number of fused-ring (bicyclic) bond motifs is 5. The third-order valence-corrected chi connectivity index (χ3v) is 9.57. The molecule has 5 heteroatoms. The van der Waals surface area contributed by atoms with E-state index in [2.05, 4.69) is 19.9 Å². The smallest absolute Gasteiger partial charge is 0.306 e. The van der Waals surface area contributed by atoms with E-state index in [9.17, 15) is 14.7 Å². The third-order valence-electron chi connectivity index (χ3n) is 9.25. The molecule has 4 rings (SSSR count). The van der Waals surface area contributed by atoms with E-state index in [0.29, 0.717) is 24.2 Å². The Morgan fingerprint density at radius 3 is 2.55 bits per heavy atom. The van der Waals surface area contributed by atoms with Crippen LogP contribution >= 0.6 is 12.2 Å². The summed E-state index contributed by atoms with van der Waals surface area (Å²) in [5.41, 5.74) is 0.196. The van der Waals surface area contributed by atoms with E-state index in [-0.39, 0.29) is 29.0 Å². The average Bonchev–Trinajstić information content (AvgIpc) is 3.01. The number of thiocarbonyl (C=S) groups is 1. The molecular weight excluding hydrogens is 384 g/mol. The van der Waals surface area contributed by atoms with Gasteiger partial charge in [0, 0.05) is 16.7 Å². The number of allylic oxidation sites excluding steroid dienone is 2. The standard InChI is InChI=1S/C24H34O4S/c1-4-21(27)28-24(20(26)14-25)12-9-19-17-6-5-15-13-16(29)7-10-22(15,2)18(17)8-11-23(19,24)3/h13,17-19,25H,4-12,14H2,1-3H3/t17-,18+,19+,22+,23+,24+/m1/s1. The van der Waals surface area contributed by atoms with Gasteiger partial charge < -0.3 is 9.84 Å². The quantitative estimate of drug-likeness (QED) is 0.535. The van der Waals surface area contributed by atoms with Gasteiger partial charge in [-0.25, -0.2) is 0 Å². The lowest BCUT2D eigenvalue weighted by Crippen LogP contribution is -2.59. The predicted molar refractivity (Wildman–Crippen MR) is 116 cm³/mol. The Labute approximate surface area is 179 Å². The van der Waals surface area contributed by atoms with Crippen molar-refractivity contribution in [2.75, 3.05) is 6.61 Å². The van der Waals surface area contributed by atoms with E-state index in [1.165, 1.54) is 5.57 Å². The molecule has 0 aromatic carbocycles. The highest BCUT2D eigenvalue weighted by Gasteiger charge is 2.68. The summed E-state index contributed by atoms with van der Waals surface area (Å²) in [6.45, 7) is 5.78. The first-order valence-electron chi connectivity index (χ1n) is 11.3. The summed E-state index contributed by atoms with van der Waals surface area (Å²) in [6.07, 6.45) is 10.2. The molecule has 160 valence electrons. The molecule has 29 heavy (non-hydrogen) atoms. The van der Waals surface area contributed by atoms with Crippen molar-refractivity contribution in [3.63, 3.8) is 0 Å². The number of ether oxygens (including phenoxy) is 1. The zero-order valence-electron chi connectivity index (χ0n) is 18.0. The molecule has 4 aliphatic rings. The van der Waals surface area contributed by atoms with Crippen LogP contribution in [0, 0.1) is 28.6 Å². The Hall–Kier alpha value is -1.07. The van der Waals surface area contributed by atoms with Gasteiger partial charge in [0.1, 0.15) is 6.61 Å². The van der Waals surface area contributed by atoms with Gasteiger partial charge in [-0.3, -0.25) is 9.59 Å². The third kappa shape index (κ3) is 2.90. The number of hydrogen-bond donors (Lipinski definition) is 1. The van der Waals surface area contributed by atoms with Crippen LogP contribution in [-0.2, 0) is 14.3 Å². The van der Waals surface area contributed by atoms with Crippen molar-refractivity contribution in [3.8, 4) is 0 Å². The topological polar surface area (TPSA) is 63.6 Å². The first-order chi connectivity index (χ1) is 13.7. The molecule has 3 saturated carbocycles. The molecule has 0 heterocycles. The minimum Gasteiger partial charge on any atom is -0.450 e. The monoisotopic (exact) mass is 418 g/mol. The number of aliphatic hydroxyl groups excluding tert-OH is 1. The molecule has 0 saturated heterocycles. The van der Waals surface area contributed by atoms with E-state index in [4.69, 9.17) is 17.0 Å². The molecule has 0 aliphatic heterocycles. The maximum atomic E-state index is 13.0. The van der Waals surface area contributed by atoms with Crippen LogP contribution in [0.15, 0.2) is 11.6 Å². The molecule has 0 amide bonds. The Bertz CT molecular complexity index is 773. The van der Waals surface area contributed by atoms with Gasteiger partial charge in [-0.05, 0) is 80.6 Å². The largest absolute Gasteiger partial charge is 0.450 e. The zero-order chi connectivity index (χ0) is 21.0. The van der Waals surface area contributed by atoms with Crippen LogP contribution in [0.5, 0.6) is 0 Å². The molecule has 0 radical (unpaired) electrons. The van der Waals surface area contributed by atoms with Crippen molar-refractivity contribution in [3.05, 3.63) is 11.6 Å². The number of hydrogen-bond acceptors (Lipinski definition) is 5. The van der Waals surface area contributed by atoms with E-state index in [0.717, 1.165) is 49.8 Å². The van der Waals surface area contributed by atoms with E-state index >= 15 is 0 Å². The lowest BCUT2D eigenvalue weighted by Gasteiger charge is -2.59. The van der Waals surface area contributed by atoms with E-state index in [1.54, 1.807) is 6.92 Å². The molecule has 0 spiro atoms. The SMILES string of the molecule is CCC(=O)O[C@]1(C(=O)CO)CC[C@H]2[C@@H]3CCC4=CC(=S)CC[C@]4(C)[C@H]3CC[C@@]21C. The Kier molecular flexibility index (Phi) is 5.30. The summed E-state index contributed by atoms with van der Waals surface area (Å²) >= 11 is 5.50. The summed E-state index contributed by atoms with van der Waals surface area (Å²) < 4.78 is 5.92. The number of rotatable bonds is 4. The van der Waals surface area contributed by atoms with Crippen LogP contribution in [0.4, 0.5) is 0 Å². The van der Waals surface area contributed by atoms with Gasteiger partial charge in [0.15, 0.2) is 5.60 Å². The fraction of sp³-hybridized carbons (Fsp3) is 0.792. The van der Waals surface area contributed by atoms with Gasteiger partial charge in [0.25, 0.3) is 0 Å². The summed E-state index contributed by atoms with van der Waals surface area (Å²) in [7, 11) is 0. The average molecular weight is 419 g/mol. The van der Waals surface area contributed by atoms with Crippen LogP contribution in [0.1, 0.15) is 78.6 Å². The summed E-state index contributed by atoms with van der Waals surface area (Å²) in [6, 6.07) is 0. The van der Waals surface area contributed by atoms with Gasteiger partial charge in [-0.1, -0.05) is 38.6 Å². The number of carbonyl (C=O) groups excluding carboxylic acids is 2. The van der Waals surface area contributed by atoms with Crippen LogP contribution in [-0.4, -0.2) is 33.9 Å². The second kappa shape index (κ2) is 7.26. The van der Waals surface area contributed by atoms with Gasteiger partial charge in [-0.2, -0.15) is 0 Å². The summed E-state index contributed by atoms with van der Waals surface area (Å²) in [4.78, 5) is 26.4. The van der Waals surface area contributed by atoms with Crippen LogP contribution in [0.25, 0.3) is 0 Å². The second-order valence-corrected chi connectivity index (χ2v) is 10.7. The van der Waals surface area contributed by atoms with Crippen molar-refractivity contribution in [1.29, 1.82) is 0 Å². The fourth-order valence-electron chi connectivity index (χ4n) is 7.63. The lowest BCUT2D eigenvalue weighted by molar-refractivity contribution is -0.191. The first kappa shape index (κ1) is 21.2. The Balaban J connectivity index is 1.69. The molecule has 6 atom stereocenters. The molecule has 4 aliphatic carbocycles. The molecule has 0 unspecified atom stereocenters. The van der Waals surface area contributed by atoms with E-state index in [1.807, 2.05) is 0 Å². The van der Waals surface area contributed by atoms with Crippen molar-refractivity contribution in [1.82, 2.24) is 0 Å². The molecule has 0 bridgehead atoms. The van der Waals surface area contributed by atoms with Gasteiger partial charge in [0.2, 0.25) is 5.78 Å². The minimum atomic E-state index is -1.16. The Morgan fingerprint density at radius 1 is 1.14 bits per heavy atom. The van der Waals surface area contributed by atoms with Crippen LogP contribution in [0.2, 0.25) is 0 Å². The molecule has 0 aromatic heterocycles. The number of aliphatic hydroxyl groups is 1. The van der Waals surface area contributed by atoms with Crippen molar-refractivity contribution in [2.24, 2.45) is 28.6 Å². The van der Waals surface area contributed by atoms with E-state index < -0.39 is 12.2 Å². The van der Waals surface area contributed by atoms with Gasteiger partial charge in [-0.15, -0.1) is 0 Å². The normalized spacial score (nSPS) is 43.7. The van der Waals surface area contributed by atoms with Crippen molar-refractivity contribution in [2.45, 2.75) is 84.2 Å². The molecule has 1 N–H and O–H groups in total. The summed E-state index contributed by atoms with van der Waals surface area (Å²) in [5.74, 6) is 0.848. The maximum Gasteiger partial charge on any atom is 0.306 e. The summed E-state index contributed by atoms with van der Waals surface area (Å²) in [5, 5.41) is 9.74. The number of carbonyl (C=O) groups is 2. The highest BCUT2D eigenvalue weighted by Crippen LogP contribution is 2.68. The van der Waals surface area contributed by atoms with Crippen molar-refractivity contribution >= 4 is 28.8 Å². The lowest BCUT2D eigenvalue weighted by atomic mass is 9.46. The van der Waals surface area contributed by atoms with Crippen molar-refractivity contribution < 1.29 is 19.4 Å². The second-order valence-electron chi connectivity index (χ2n) is 10.2. The molecule has 3 fully saturated rings. The number of Topliss-reactive ketones (excluding diaryl/α,β-unsaturated/α-hetero) is 1.